The van der Waals surface area contributed by atoms with Gasteiger partial charge in [-0.2, -0.15) is 15.0 Å². The van der Waals surface area contributed by atoms with Crippen molar-refractivity contribution in [2.45, 2.75) is 19.1 Å². The van der Waals surface area contributed by atoms with E-state index in [9.17, 15) is 0 Å². The summed E-state index contributed by atoms with van der Waals surface area (Å²) >= 11 is 1.72. The first-order chi connectivity index (χ1) is 13.1. The van der Waals surface area contributed by atoms with Crippen LogP contribution in [0.1, 0.15) is 23.6 Å². The molecule has 0 spiro atoms. The van der Waals surface area contributed by atoms with Gasteiger partial charge in [0.1, 0.15) is 11.6 Å². The highest BCUT2D eigenvalue weighted by Crippen LogP contribution is 2.27. The Bertz CT molecular complexity index is 875. The van der Waals surface area contributed by atoms with Crippen LogP contribution in [-0.2, 0) is 0 Å². The maximum Gasteiger partial charge on any atom is 0.232 e. The quantitative estimate of drug-likeness (QED) is 0.560. The highest BCUT2D eigenvalue weighted by molar-refractivity contribution is 7.99. The molecule has 0 aliphatic rings. The van der Waals surface area contributed by atoms with E-state index in [1.807, 2.05) is 61.5 Å². The number of aryl methyl sites for hydroxylation is 1. The number of anilines is 3. The van der Waals surface area contributed by atoms with Gasteiger partial charge in [-0.25, -0.2) is 0 Å². The molecule has 1 atom stereocenters. The number of hydrogen-bond donors (Lipinski definition) is 2. The molecule has 0 aliphatic heterocycles. The summed E-state index contributed by atoms with van der Waals surface area (Å²) in [6.45, 7) is 4.72. The molecule has 0 fully saturated rings. The average Bonchev–Trinajstić information content (AvgIpc) is 2.66. The van der Waals surface area contributed by atoms with E-state index in [0.717, 1.165) is 22.8 Å². The van der Waals surface area contributed by atoms with Crippen LogP contribution in [0.25, 0.3) is 0 Å². The monoisotopic (exact) mass is 381 g/mol. The Balaban J connectivity index is 1.56. The minimum atomic E-state index is 0.0760. The first kappa shape index (κ1) is 19.0. The van der Waals surface area contributed by atoms with Gasteiger partial charge in [-0.1, -0.05) is 36.4 Å². The number of aromatic nitrogens is 3. The summed E-state index contributed by atoms with van der Waals surface area (Å²) in [5, 5.41) is 3.23. The van der Waals surface area contributed by atoms with Crippen molar-refractivity contribution in [1.29, 1.82) is 0 Å². The van der Waals surface area contributed by atoms with Crippen molar-refractivity contribution in [1.82, 2.24) is 15.0 Å². The van der Waals surface area contributed by atoms with Crippen molar-refractivity contribution < 1.29 is 4.74 Å². The normalized spacial score (nSPS) is 11.8. The molecule has 3 N–H and O–H groups in total. The molecule has 0 saturated heterocycles. The zero-order valence-corrected chi connectivity index (χ0v) is 16.2. The zero-order valence-electron chi connectivity index (χ0n) is 15.4. The Morgan fingerprint density at radius 2 is 1.78 bits per heavy atom. The van der Waals surface area contributed by atoms with E-state index < -0.39 is 0 Å². The van der Waals surface area contributed by atoms with Gasteiger partial charge < -0.3 is 15.8 Å². The molecule has 2 aromatic carbocycles. The molecule has 7 heteroatoms. The predicted octanol–water partition coefficient (Wildman–Crippen LogP) is 4.38. The third-order valence-corrected chi connectivity index (χ3v) is 4.98. The van der Waals surface area contributed by atoms with E-state index >= 15 is 0 Å². The van der Waals surface area contributed by atoms with E-state index in [1.165, 1.54) is 0 Å². The SMILES string of the molecule is Cc1ccccc1OCCS[C@H](C)c1nc(N)nc(Nc2ccccc2)n1. The van der Waals surface area contributed by atoms with E-state index in [4.69, 9.17) is 10.5 Å². The molecule has 1 aromatic heterocycles. The molecule has 6 nitrogen and oxygen atoms in total. The number of hydrogen-bond acceptors (Lipinski definition) is 7. The standard InChI is InChI=1S/C20H23N5OS/c1-14-8-6-7-11-17(14)26-12-13-27-15(2)18-23-19(21)25-20(24-18)22-16-9-4-3-5-10-16/h3-11,15H,12-13H2,1-2H3,(H3,21,22,23,24,25)/t15-/m1/s1. The zero-order chi connectivity index (χ0) is 19.1. The van der Waals surface area contributed by atoms with Crippen LogP contribution in [0, 0.1) is 6.92 Å². The summed E-state index contributed by atoms with van der Waals surface area (Å²) in [7, 11) is 0. The van der Waals surface area contributed by atoms with Gasteiger partial charge in [0.2, 0.25) is 11.9 Å². The summed E-state index contributed by atoms with van der Waals surface area (Å²) in [5.74, 6) is 3.06. The molecule has 0 amide bonds. The number of nitrogens with one attached hydrogen (secondary N) is 1. The Labute approximate surface area is 163 Å². The number of rotatable bonds is 8. The summed E-state index contributed by atoms with van der Waals surface area (Å²) in [4.78, 5) is 13.0. The van der Waals surface area contributed by atoms with Crippen molar-refractivity contribution in [2.75, 3.05) is 23.4 Å². The second-order valence-corrected chi connectivity index (χ2v) is 7.44. The highest BCUT2D eigenvalue weighted by atomic mass is 32.2. The molecule has 27 heavy (non-hydrogen) atoms. The number of nitrogen functional groups attached to an aromatic ring is 1. The molecule has 140 valence electrons. The molecule has 0 unspecified atom stereocenters. The molecule has 3 aromatic rings. The molecule has 3 rings (SSSR count). The Hall–Kier alpha value is -2.80. The van der Waals surface area contributed by atoms with Crippen molar-refractivity contribution in [3.63, 3.8) is 0 Å². The summed E-state index contributed by atoms with van der Waals surface area (Å²) < 4.78 is 5.84. The second-order valence-electron chi connectivity index (χ2n) is 5.99. The summed E-state index contributed by atoms with van der Waals surface area (Å²) in [6.07, 6.45) is 0. The van der Waals surface area contributed by atoms with E-state index in [-0.39, 0.29) is 11.2 Å². The number of nitrogens with two attached hydrogens (primary N) is 1. The van der Waals surface area contributed by atoms with Crippen LogP contribution < -0.4 is 15.8 Å². The lowest BCUT2D eigenvalue weighted by Crippen LogP contribution is -2.09. The van der Waals surface area contributed by atoms with Crippen LogP contribution in [-0.4, -0.2) is 27.3 Å². The first-order valence-electron chi connectivity index (χ1n) is 8.75. The number of nitrogens with zero attached hydrogens (tertiary/aromatic N) is 3. The van der Waals surface area contributed by atoms with Crippen LogP contribution in [0.3, 0.4) is 0 Å². The van der Waals surface area contributed by atoms with Crippen LogP contribution in [0.5, 0.6) is 5.75 Å². The van der Waals surface area contributed by atoms with Crippen molar-refractivity contribution in [2.24, 2.45) is 0 Å². The molecular weight excluding hydrogens is 358 g/mol. The number of thioether (sulfide) groups is 1. The predicted molar refractivity (Wildman–Crippen MR) is 112 cm³/mol. The van der Waals surface area contributed by atoms with Crippen LogP contribution in [0.4, 0.5) is 17.6 Å². The number of benzene rings is 2. The molecular formula is C20H23N5OS. The Morgan fingerprint density at radius 1 is 1.04 bits per heavy atom. The topological polar surface area (TPSA) is 86.0 Å². The largest absolute Gasteiger partial charge is 0.492 e. The third-order valence-electron chi connectivity index (χ3n) is 3.87. The lowest BCUT2D eigenvalue weighted by atomic mass is 10.2. The number of para-hydroxylation sites is 2. The van der Waals surface area contributed by atoms with Gasteiger partial charge >= 0.3 is 0 Å². The maximum atomic E-state index is 5.86. The van der Waals surface area contributed by atoms with Gasteiger partial charge in [0.05, 0.1) is 11.9 Å². The fourth-order valence-corrected chi connectivity index (χ4v) is 3.25. The molecule has 0 aliphatic carbocycles. The maximum absolute atomic E-state index is 5.86. The van der Waals surface area contributed by atoms with Crippen LogP contribution >= 0.6 is 11.8 Å². The van der Waals surface area contributed by atoms with Gasteiger partial charge in [0, 0.05) is 11.4 Å². The van der Waals surface area contributed by atoms with Crippen LogP contribution in [0.2, 0.25) is 0 Å². The van der Waals surface area contributed by atoms with Gasteiger partial charge in [-0.05, 0) is 37.6 Å². The van der Waals surface area contributed by atoms with Gasteiger partial charge in [0.25, 0.3) is 0 Å². The minimum Gasteiger partial charge on any atom is -0.492 e. The third kappa shape index (κ3) is 5.59. The fourth-order valence-electron chi connectivity index (χ4n) is 2.47. The summed E-state index contributed by atoms with van der Waals surface area (Å²) in [6, 6.07) is 17.7. The molecule has 1 heterocycles. The minimum absolute atomic E-state index is 0.0760. The first-order valence-corrected chi connectivity index (χ1v) is 9.80. The van der Waals surface area contributed by atoms with E-state index in [2.05, 4.69) is 27.2 Å². The molecule has 0 saturated carbocycles. The lowest BCUT2D eigenvalue weighted by molar-refractivity contribution is 0.341. The van der Waals surface area contributed by atoms with Gasteiger partial charge in [-0.3, -0.25) is 0 Å². The lowest BCUT2D eigenvalue weighted by Gasteiger charge is -2.13. The average molecular weight is 382 g/mol. The van der Waals surface area contributed by atoms with Gasteiger partial charge in [-0.15, -0.1) is 11.8 Å². The van der Waals surface area contributed by atoms with Gasteiger partial charge in [0.15, 0.2) is 0 Å². The van der Waals surface area contributed by atoms with Crippen molar-refractivity contribution in [3.05, 3.63) is 66.0 Å². The van der Waals surface area contributed by atoms with E-state index in [0.29, 0.717) is 18.4 Å². The highest BCUT2D eigenvalue weighted by Gasteiger charge is 2.13. The van der Waals surface area contributed by atoms with E-state index in [1.54, 1.807) is 11.8 Å². The molecule has 0 bridgehead atoms. The van der Waals surface area contributed by atoms with Crippen LogP contribution in [0.15, 0.2) is 54.6 Å². The second kappa shape index (κ2) is 9.23. The Morgan fingerprint density at radius 3 is 2.56 bits per heavy atom. The smallest absolute Gasteiger partial charge is 0.232 e. The van der Waals surface area contributed by atoms with Crippen molar-refractivity contribution in [3.8, 4) is 5.75 Å². The summed E-state index contributed by atoms with van der Waals surface area (Å²) in [5.41, 5.74) is 7.90. The van der Waals surface area contributed by atoms with Crippen molar-refractivity contribution >= 4 is 29.3 Å². The fraction of sp³-hybridized carbons (Fsp3) is 0.250. The Kier molecular flexibility index (Phi) is 6.49. The molecule has 0 radical (unpaired) electrons. The number of ether oxygens (including phenoxy) is 1.